The summed E-state index contributed by atoms with van der Waals surface area (Å²) in [7, 11) is 0. The van der Waals surface area contributed by atoms with Crippen LogP contribution in [0.5, 0.6) is 0 Å². The molecule has 92 valence electrons. The van der Waals surface area contributed by atoms with Gasteiger partial charge in [-0.15, -0.1) is 0 Å². The summed E-state index contributed by atoms with van der Waals surface area (Å²) < 4.78 is 0. The van der Waals surface area contributed by atoms with Gasteiger partial charge in [0.2, 0.25) is 0 Å². The summed E-state index contributed by atoms with van der Waals surface area (Å²) in [4.78, 5) is 15.2. The van der Waals surface area contributed by atoms with Gasteiger partial charge in [0.1, 0.15) is 10.7 Å². The number of aromatic nitrogens is 3. The molecule has 2 aromatic rings. The maximum absolute atomic E-state index is 11.2. The van der Waals surface area contributed by atoms with Gasteiger partial charge in [0.05, 0.1) is 11.9 Å². The molecule has 7 heteroatoms. The topological polar surface area (TPSA) is 83.0 Å². The number of H-pyrrole nitrogens is 1. The largest absolute Gasteiger partial charge is 0.285 e. The summed E-state index contributed by atoms with van der Waals surface area (Å²) in [5, 5.41) is 9.99. The lowest BCUT2D eigenvalue weighted by Crippen LogP contribution is -2.10. The molecule has 0 aliphatic rings. The SMILES string of the molecule is C/C(=N/Nc1cn[nH]c(=O)c1Cl)c1cccnc1. The first kappa shape index (κ1) is 12.3. The lowest BCUT2D eigenvalue weighted by atomic mass is 10.2. The lowest BCUT2D eigenvalue weighted by Gasteiger charge is -2.03. The first-order valence-electron chi connectivity index (χ1n) is 5.12. The second-order valence-corrected chi connectivity index (χ2v) is 3.86. The molecule has 0 bridgehead atoms. The van der Waals surface area contributed by atoms with Gasteiger partial charge >= 0.3 is 0 Å². The molecule has 2 heterocycles. The zero-order valence-corrected chi connectivity index (χ0v) is 10.3. The first-order chi connectivity index (χ1) is 8.68. The molecule has 0 saturated carbocycles. The van der Waals surface area contributed by atoms with Crippen LogP contribution in [0.1, 0.15) is 12.5 Å². The average Bonchev–Trinajstić information content (AvgIpc) is 2.41. The average molecular weight is 264 g/mol. The lowest BCUT2D eigenvalue weighted by molar-refractivity contribution is 0.986. The highest BCUT2D eigenvalue weighted by Crippen LogP contribution is 2.14. The Balaban J connectivity index is 2.21. The van der Waals surface area contributed by atoms with Crippen molar-refractivity contribution in [3.63, 3.8) is 0 Å². The molecule has 0 unspecified atom stereocenters. The number of pyridine rings is 1. The molecule has 6 nitrogen and oxygen atoms in total. The highest BCUT2D eigenvalue weighted by molar-refractivity contribution is 6.32. The summed E-state index contributed by atoms with van der Waals surface area (Å²) in [6.45, 7) is 1.82. The Labute approximate surface area is 108 Å². The third kappa shape index (κ3) is 2.72. The fourth-order valence-electron chi connectivity index (χ4n) is 1.25. The van der Waals surface area contributed by atoms with E-state index in [0.717, 1.165) is 11.3 Å². The number of nitrogens with zero attached hydrogens (tertiary/aromatic N) is 3. The van der Waals surface area contributed by atoms with Crippen LogP contribution in [0.4, 0.5) is 5.69 Å². The maximum atomic E-state index is 11.2. The van der Waals surface area contributed by atoms with Crippen LogP contribution in [-0.4, -0.2) is 20.9 Å². The van der Waals surface area contributed by atoms with E-state index in [4.69, 9.17) is 11.6 Å². The molecule has 18 heavy (non-hydrogen) atoms. The molecule has 0 aromatic carbocycles. The molecule has 0 fully saturated rings. The standard InChI is InChI=1S/C11H10ClN5O/c1-7(8-3-2-4-13-5-8)15-16-9-6-14-17-11(18)10(9)12/h2-6H,1H3,(H2,16,17,18)/b15-7-. The number of aromatic amines is 1. The molecule has 2 aromatic heterocycles. The normalized spacial score (nSPS) is 11.3. The predicted octanol–water partition coefficient (Wildman–Crippen LogP) is 1.65. The number of nitrogens with one attached hydrogen (secondary N) is 2. The molecule has 2 N–H and O–H groups in total. The number of hydrazone groups is 1. The molecular formula is C11H10ClN5O. The Morgan fingerprint density at radius 2 is 2.33 bits per heavy atom. The van der Waals surface area contributed by atoms with E-state index >= 15 is 0 Å². The molecule has 2 rings (SSSR count). The monoisotopic (exact) mass is 263 g/mol. The van der Waals surface area contributed by atoms with E-state index in [-0.39, 0.29) is 5.02 Å². The summed E-state index contributed by atoms with van der Waals surface area (Å²) in [6, 6.07) is 3.70. The Hall–Kier alpha value is -2.21. The van der Waals surface area contributed by atoms with E-state index in [1.165, 1.54) is 6.20 Å². The fourth-order valence-corrected chi connectivity index (χ4v) is 1.38. The van der Waals surface area contributed by atoms with Gasteiger partial charge in [-0.05, 0) is 13.0 Å². The number of anilines is 1. The summed E-state index contributed by atoms with van der Waals surface area (Å²) >= 11 is 5.79. The van der Waals surface area contributed by atoms with Crippen LogP contribution in [0.15, 0.2) is 40.6 Å². The minimum atomic E-state index is -0.462. The maximum Gasteiger partial charge on any atom is 0.285 e. The van der Waals surface area contributed by atoms with Crippen molar-refractivity contribution in [1.82, 2.24) is 15.2 Å². The van der Waals surface area contributed by atoms with Gasteiger partial charge in [-0.3, -0.25) is 15.2 Å². The second-order valence-electron chi connectivity index (χ2n) is 3.48. The van der Waals surface area contributed by atoms with E-state index in [2.05, 4.69) is 25.7 Å². The van der Waals surface area contributed by atoms with Gasteiger partial charge in [0.15, 0.2) is 0 Å². The van der Waals surface area contributed by atoms with Crippen molar-refractivity contribution < 1.29 is 0 Å². The highest BCUT2D eigenvalue weighted by atomic mass is 35.5. The van der Waals surface area contributed by atoms with Crippen LogP contribution in [0, 0.1) is 0 Å². The molecular weight excluding hydrogens is 254 g/mol. The Kier molecular flexibility index (Phi) is 3.69. The zero-order valence-electron chi connectivity index (χ0n) is 9.51. The van der Waals surface area contributed by atoms with Crippen molar-refractivity contribution in [2.75, 3.05) is 5.43 Å². The van der Waals surface area contributed by atoms with Gasteiger partial charge in [-0.1, -0.05) is 17.7 Å². The molecule has 0 atom stereocenters. The third-order valence-corrected chi connectivity index (χ3v) is 2.59. The van der Waals surface area contributed by atoms with Crippen molar-refractivity contribution >= 4 is 23.0 Å². The molecule has 0 spiro atoms. The van der Waals surface area contributed by atoms with E-state index in [0.29, 0.717) is 5.69 Å². The summed E-state index contributed by atoms with van der Waals surface area (Å²) in [6.07, 6.45) is 4.77. The van der Waals surface area contributed by atoms with Gasteiger partial charge in [-0.25, -0.2) is 5.10 Å². The third-order valence-electron chi connectivity index (χ3n) is 2.22. The van der Waals surface area contributed by atoms with Crippen LogP contribution in [0.25, 0.3) is 0 Å². The second kappa shape index (κ2) is 5.42. The van der Waals surface area contributed by atoms with E-state index in [1.54, 1.807) is 12.4 Å². The highest BCUT2D eigenvalue weighted by Gasteiger charge is 2.04. The fraction of sp³-hybridized carbons (Fsp3) is 0.0909. The van der Waals surface area contributed by atoms with Gasteiger partial charge in [-0.2, -0.15) is 10.2 Å². The van der Waals surface area contributed by atoms with Gasteiger partial charge in [0, 0.05) is 18.0 Å². The van der Waals surface area contributed by atoms with Crippen LogP contribution < -0.4 is 11.0 Å². The quantitative estimate of drug-likeness (QED) is 0.652. The van der Waals surface area contributed by atoms with Crippen molar-refractivity contribution in [2.24, 2.45) is 5.10 Å². The van der Waals surface area contributed by atoms with E-state index in [9.17, 15) is 4.79 Å². The minimum Gasteiger partial charge on any atom is -0.275 e. The van der Waals surface area contributed by atoms with Gasteiger partial charge in [0.25, 0.3) is 5.56 Å². The van der Waals surface area contributed by atoms with E-state index < -0.39 is 5.56 Å². The van der Waals surface area contributed by atoms with Gasteiger partial charge < -0.3 is 0 Å². The zero-order chi connectivity index (χ0) is 13.0. The Bertz CT molecular complexity index is 623. The minimum absolute atomic E-state index is 0.0211. The first-order valence-corrected chi connectivity index (χ1v) is 5.50. The Morgan fingerprint density at radius 3 is 3.06 bits per heavy atom. The van der Waals surface area contributed by atoms with Crippen molar-refractivity contribution in [2.45, 2.75) is 6.92 Å². The smallest absolute Gasteiger partial charge is 0.275 e. The van der Waals surface area contributed by atoms with Crippen LogP contribution in [0.2, 0.25) is 5.02 Å². The molecule has 0 saturated heterocycles. The van der Waals surface area contributed by atoms with Crippen LogP contribution in [0.3, 0.4) is 0 Å². The van der Waals surface area contributed by atoms with Crippen LogP contribution in [-0.2, 0) is 0 Å². The van der Waals surface area contributed by atoms with Crippen molar-refractivity contribution in [1.29, 1.82) is 0 Å². The molecule has 0 radical (unpaired) electrons. The molecule has 0 aliphatic heterocycles. The van der Waals surface area contributed by atoms with Crippen molar-refractivity contribution in [3.05, 3.63) is 51.7 Å². The summed E-state index contributed by atoms with van der Waals surface area (Å²) in [5.41, 5.74) is 4.18. The Morgan fingerprint density at radius 1 is 1.50 bits per heavy atom. The molecule has 0 aliphatic carbocycles. The molecule has 0 amide bonds. The van der Waals surface area contributed by atoms with E-state index in [1.807, 2.05) is 19.1 Å². The number of hydrogen-bond donors (Lipinski definition) is 2. The van der Waals surface area contributed by atoms with Crippen molar-refractivity contribution in [3.8, 4) is 0 Å². The predicted molar refractivity (Wildman–Crippen MR) is 69.9 cm³/mol. The summed E-state index contributed by atoms with van der Waals surface area (Å²) in [5.74, 6) is 0. The number of rotatable bonds is 3. The van der Waals surface area contributed by atoms with Crippen LogP contribution >= 0.6 is 11.6 Å². The number of halogens is 1. The number of hydrogen-bond acceptors (Lipinski definition) is 5.